The fourth-order valence-corrected chi connectivity index (χ4v) is 0.942. The molecular weight excluding hydrogens is 198 g/mol. The first-order valence-electron chi connectivity index (χ1n) is 5.35. The number of rotatable bonds is 10. The monoisotopic (exact) mass is 221 g/mol. The predicted octanol–water partition coefficient (Wildman–Crippen LogP) is -0.629. The highest BCUT2D eigenvalue weighted by molar-refractivity contribution is 4.58. The van der Waals surface area contributed by atoms with Gasteiger partial charge in [-0.2, -0.15) is 0 Å². The van der Waals surface area contributed by atoms with E-state index in [0.29, 0.717) is 32.9 Å². The molecule has 0 aliphatic rings. The molecule has 0 bridgehead atoms. The van der Waals surface area contributed by atoms with Crippen LogP contribution in [-0.4, -0.2) is 61.9 Å². The Labute approximate surface area is 91.4 Å². The highest BCUT2D eigenvalue weighted by Crippen LogP contribution is 1.90. The van der Waals surface area contributed by atoms with E-state index in [9.17, 15) is 5.11 Å². The van der Waals surface area contributed by atoms with Gasteiger partial charge in [-0.15, -0.1) is 0 Å². The maximum Gasteiger partial charge on any atom is 0.0897 e. The Morgan fingerprint density at radius 3 is 2.60 bits per heavy atom. The van der Waals surface area contributed by atoms with E-state index in [-0.39, 0.29) is 12.7 Å². The molecule has 15 heavy (non-hydrogen) atoms. The summed E-state index contributed by atoms with van der Waals surface area (Å²) in [5.74, 6) is 0. The van der Waals surface area contributed by atoms with E-state index in [0.717, 1.165) is 0 Å². The molecular formula is C10H23NO4. The second-order valence-electron chi connectivity index (χ2n) is 3.58. The van der Waals surface area contributed by atoms with Gasteiger partial charge >= 0.3 is 0 Å². The summed E-state index contributed by atoms with van der Waals surface area (Å²) in [6.07, 6.45) is -0.335. The Bertz CT molecular complexity index is 133. The predicted molar refractivity (Wildman–Crippen MR) is 57.9 cm³/mol. The van der Waals surface area contributed by atoms with E-state index in [1.807, 2.05) is 13.8 Å². The zero-order valence-electron chi connectivity index (χ0n) is 9.61. The minimum atomic E-state index is -0.481. The summed E-state index contributed by atoms with van der Waals surface area (Å²) in [5.41, 5.74) is 0. The lowest BCUT2D eigenvalue weighted by Gasteiger charge is -2.14. The molecule has 1 atom stereocenters. The molecule has 5 heteroatoms. The number of aliphatic hydroxyl groups is 2. The third kappa shape index (κ3) is 11.7. The van der Waals surface area contributed by atoms with Crippen molar-refractivity contribution in [2.75, 3.05) is 39.5 Å². The summed E-state index contributed by atoms with van der Waals surface area (Å²) >= 11 is 0. The largest absolute Gasteiger partial charge is 0.394 e. The van der Waals surface area contributed by atoms with Crippen LogP contribution in [0.2, 0.25) is 0 Å². The van der Waals surface area contributed by atoms with Crippen LogP contribution < -0.4 is 5.32 Å². The van der Waals surface area contributed by atoms with E-state index in [1.54, 1.807) is 0 Å². The number of nitrogens with one attached hydrogen (secondary N) is 1. The van der Waals surface area contributed by atoms with Crippen molar-refractivity contribution in [1.82, 2.24) is 5.32 Å². The quantitative estimate of drug-likeness (QED) is 0.429. The summed E-state index contributed by atoms with van der Waals surface area (Å²) in [5, 5.41) is 20.9. The minimum absolute atomic E-state index is 0.0465. The molecule has 0 aromatic carbocycles. The molecule has 0 aromatic heterocycles. The third-order valence-corrected chi connectivity index (χ3v) is 1.66. The summed E-state index contributed by atoms with van der Waals surface area (Å²) in [6, 6.07) is 0. The molecule has 0 saturated heterocycles. The highest BCUT2D eigenvalue weighted by Gasteiger charge is 2.04. The van der Waals surface area contributed by atoms with E-state index in [4.69, 9.17) is 14.6 Å². The minimum Gasteiger partial charge on any atom is -0.394 e. The van der Waals surface area contributed by atoms with Crippen LogP contribution in [0, 0.1) is 0 Å². The summed E-state index contributed by atoms with van der Waals surface area (Å²) < 4.78 is 10.3. The molecule has 0 spiro atoms. The van der Waals surface area contributed by atoms with Gasteiger partial charge < -0.3 is 25.0 Å². The first kappa shape index (κ1) is 14.8. The standard InChI is InChI=1S/C10H23NO4/c1-9(2)15-8-10(13)7-11-3-5-14-6-4-12/h9-13H,3-8H2,1-2H3. The van der Waals surface area contributed by atoms with Crippen molar-refractivity contribution >= 4 is 0 Å². The maximum absolute atomic E-state index is 9.43. The van der Waals surface area contributed by atoms with Crippen molar-refractivity contribution in [3.8, 4) is 0 Å². The van der Waals surface area contributed by atoms with Gasteiger partial charge in [0.15, 0.2) is 0 Å². The Balaban J connectivity index is 3.13. The van der Waals surface area contributed by atoms with Gasteiger partial charge in [-0.05, 0) is 13.8 Å². The van der Waals surface area contributed by atoms with Gasteiger partial charge in [-0.25, -0.2) is 0 Å². The van der Waals surface area contributed by atoms with Crippen LogP contribution in [0.3, 0.4) is 0 Å². The van der Waals surface area contributed by atoms with Gasteiger partial charge in [-0.1, -0.05) is 0 Å². The number of aliphatic hydroxyl groups excluding tert-OH is 2. The van der Waals surface area contributed by atoms with Gasteiger partial charge in [0.05, 0.1) is 38.6 Å². The van der Waals surface area contributed by atoms with Crippen LogP contribution in [0.25, 0.3) is 0 Å². The molecule has 0 amide bonds. The third-order valence-electron chi connectivity index (χ3n) is 1.66. The van der Waals surface area contributed by atoms with Gasteiger partial charge in [0.25, 0.3) is 0 Å². The second kappa shape index (κ2) is 10.3. The lowest BCUT2D eigenvalue weighted by Crippen LogP contribution is -2.33. The van der Waals surface area contributed by atoms with Gasteiger partial charge in [-0.3, -0.25) is 0 Å². The van der Waals surface area contributed by atoms with Crippen molar-refractivity contribution in [1.29, 1.82) is 0 Å². The molecule has 0 aliphatic heterocycles. The molecule has 1 unspecified atom stereocenters. The smallest absolute Gasteiger partial charge is 0.0897 e. The SMILES string of the molecule is CC(C)OCC(O)CNCCOCCO. The first-order chi connectivity index (χ1) is 7.16. The number of hydrogen-bond donors (Lipinski definition) is 3. The zero-order valence-corrected chi connectivity index (χ0v) is 9.61. The Morgan fingerprint density at radius 2 is 2.00 bits per heavy atom. The van der Waals surface area contributed by atoms with Gasteiger partial charge in [0.2, 0.25) is 0 Å². The Hall–Kier alpha value is -0.200. The van der Waals surface area contributed by atoms with Gasteiger partial charge in [0.1, 0.15) is 0 Å². The van der Waals surface area contributed by atoms with Crippen LogP contribution >= 0.6 is 0 Å². The average Bonchev–Trinajstić information content (AvgIpc) is 2.20. The van der Waals surface area contributed by atoms with E-state index < -0.39 is 6.10 Å². The average molecular weight is 221 g/mol. The molecule has 0 heterocycles. The molecule has 0 aliphatic carbocycles. The molecule has 0 radical (unpaired) electrons. The van der Waals surface area contributed by atoms with Crippen molar-refractivity contribution in [2.24, 2.45) is 0 Å². The van der Waals surface area contributed by atoms with Crippen molar-refractivity contribution < 1.29 is 19.7 Å². The van der Waals surface area contributed by atoms with E-state index in [2.05, 4.69) is 5.32 Å². The zero-order chi connectivity index (χ0) is 11.5. The first-order valence-corrected chi connectivity index (χ1v) is 5.35. The van der Waals surface area contributed by atoms with E-state index in [1.165, 1.54) is 0 Å². The number of ether oxygens (including phenoxy) is 2. The number of hydrogen-bond acceptors (Lipinski definition) is 5. The van der Waals surface area contributed by atoms with Crippen LogP contribution in [-0.2, 0) is 9.47 Å². The fourth-order valence-electron chi connectivity index (χ4n) is 0.942. The van der Waals surface area contributed by atoms with Crippen molar-refractivity contribution in [3.63, 3.8) is 0 Å². The van der Waals surface area contributed by atoms with E-state index >= 15 is 0 Å². The van der Waals surface area contributed by atoms with Crippen LogP contribution in [0.1, 0.15) is 13.8 Å². The normalized spacial score (nSPS) is 13.4. The molecule has 5 nitrogen and oxygen atoms in total. The molecule has 0 saturated carbocycles. The van der Waals surface area contributed by atoms with Gasteiger partial charge in [0, 0.05) is 13.1 Å². The fraction of sp³-hybridized carbons (Fsp3) is 1.00. The Morgan fingerprint density at radius 1 is 1.27 bits per heavy atom. The molecule has 0 aromatic rings. The molecule has 0 fully saturated rings. The summed E-state index contributed by atoms with van der Waals surface area (Å²) in [4.78, 5) is 0. The highest BCUT2D eigenvalue weighted by atomic mass is 16.5. The van der Waals surface area contributed by atoms with Crippen molar-refractivity contribution in [2.45, 2.75) is 26.1 Å². The van der Waals surface area contributed by atoms with Crippen LogP contribution in [0.4, 0.5) is 0 Å². The topological polar surface area (TPSA) is 71.0 Å². The Kier molecular flexibility index (Phi) is 10.2. The molecule has 0 rings (SSSR count). The second-order valence-corrected chi connectivity index (χ2v) is 3.58. The lowest BCUT2D eigenvalue weighted by atomic mass is 10.3. The summed E-state index contributed by atoms with van der Waals surface area (Å²) in [7, 11) is 0. The molecule has 92 valence electrons. The van der Waals surface area contributed by atoms with Crippen LogP contribution in [0.5, 0.6) is 0 Å². The maximum atomic E-state index is 9.43. The molecule has 3 N–H and O–H groups in total. The van der Waals surface area contributed by atoms with Crippen LogP contribution in [0.15, 0.2) is 0 Å². The lowest BCUT2D eigenvalue weighted by molar-refractivity contribution is 0.00554. The summed E-state index contributed by atoms with van der Waals surface area (Å²) in [6.45, 7) is 6.33. The van der Waals surface area contributed by atoms with Crippen molar-refractivity contribution in [3.05, 3.63) is 0 Å².